The lowest BCUT2D eigenvalue weighted by atomic mass is 10.1. The Labute approximate surface area is 111 Å². The molecule has 19 heavy (non-hydrogen) atoms. The van der Waals surface area contributed by atoms with E-state index in [2.05, 4.69) is 5.32 Å². The van der Waals surface area contributed by atoms with Crippen LogP contribution >= 0.6 is 0 Å². The summed E-state index contributed by atoms with van der Waals surface area (Å²) in [7, 11) is 0. The largest absolute Gasteiger partial charge is 0.508 e. The number of nitrogens with two attached hydrogens (primary N) is 1. The number of amides is 1. The van der Waals surface area contributed by atoms with Gasteiger partial charge in [0.05, 0.1) is 6.04 Å². The number of para-hydroxylation sites is 1. The minimum Gasteiger partial charge on any atom is -0.508 e. The minimum absolute atomic E-state index is 0.0411. The van der Waals surface area contributed by atoms with Crippen molar-refractivity contribution in [2.75, 3.05) is 5.32 Å². The topological polar surface area (TPSA) is 75.3 Å². The van der Waals surface area contributed by atoms with E-state index in [-0.39, 0.29) is 11.8 Å². The molecule has 0 fully saturated rings. The van der Waals surface area contributed by atoms with Crippen molar-refractivity contribution in [3.8, 4) is 5.75 Å². The Hall–Kier alpha value is -2.49. The fourth-order valence-electron chi connectivity index (χ4n) is 1.91. The summed E-state index contributed by atoms with van der Waals surface area (Å²) in [5.41, 5.74) is 7.34. The van der Waals surface area contributed by atoms with Crippen LogP contribution in [0.15, 0.2) is 48.5 Å². The van der Waals surface area contributed by atoms with E-state index in [0.717, 1.165) is 11.3 Å². The first-order valence-electron chi connectivity index (χ1n) is 6.02. The van der Waals surface area contributed by atoms with E-state index in [1.54, 1.807) is 36.4 Å². The number of benzene rings is 2. The van der Waals surface area contributed by atoms with Crippen LogP contribution in [0, 0.1) is 0 Å². The van der Waals surface area contributed by atoms with Gasteiger partial charge in [0.2, 0.25) is 5.91 Å². The highest BCUT2D eigenvalue weighted by molar-refractivity contribution is 5.93. The zero-order chi connectivity index (χ0) is 13.8. The molecule has 2 rings (SSSR count). The number of rotatable bonds is 4. The molecule has 2 aromatic rings. The monoisotopic (exact) mass is 256 g/mol. The second-order valence-corrected chi connectivity index (χ2v) is 4.37. The molecule has 0 heterocycles. The Morgan fingerprint density at radius 1 is 1.16 bits per heavy atom. The van der Waals surface area contributed by atoms with Gasteiger partial charge in [0.1, 0.15) is 5.75 Å². The number of carbonyl (C=O) groups excluding carboxylic acids is 1. The van der Waals surface area contributed by atoms with Gasteiger partial charge >= 0.3 is 0 Å². The number of nitrogens with one attached hydrogen (secondary N) is 1. The average molecular weight is 256 g/mol. The standard InChI is InChI=1S/C15H16N2O2/c1-10(13-4-2-3-5-14(13)18)17-12-8-6-11(7-9-12)15(16)19/h2-10,17-18H,1H3,(H2,16,19). The Kier molecular flexibility index (Phi) is 3.71. The van der Waals surface area contributed by atoms with E-state index in [9.17, 15) is 9.90 Å². The highest BCUT2D eigenvalue weighted by Crippen LogP contribution is 2.26. The van der Waals surface area contributed by atoms with Crippen LogP contribution in [-0.2, 0) is 0 Å². The van der Waals surface area contributed by atoms with Crippen molar-refractivity contribution < 1.29 is 9.90 Å². The Morgan fingerprint density at radius 3 is 2.37 bits per heavy atom. The quantitative estimate of drug-likeness (QED) is 0.787. The Morgan fingerprint density at radius 2 is 1.79 bits per heavy atom. The Balaban J connectivity index is 2.13. The molecule has 1 amide bonds. The van der Waals surface area contributed by atoms with Crippen molar-refractivity contribution >= 4 is 11.6 Å². The van der Waals surface area contributed by atoms with E-state index < -0.39 is 5.91 Å². The van der Waals surface area contributed by atoms with Crippen LogP contribution in [0.25, 0.3) is 0 Å². The number of hydrogen-bond acceptors (Lipinski definition) is 3. The molecular formula is C15H16N2O2. The van der Waals surface area contributed by atoms with Crippen molar-refractivity contribution in [1.82, 2.24) is 0 Å². The number of phenolic OH excluding ortho intramolecular Hbond substituents is 1. The van der Waals surface area contributed by atoms with Gasteiger partial charge in [0.15, 0.2) is 0 Å². The predicted octanol–water partition coefficient (Wildman–Crippen LogP) is 2.66. The molecule has 0 bridgehead atoms. The van der Waals surface area contributed by atoms with E-state index in [1.165, 1.54) is 0 Å². The fourth-order valence-corrected chi connectivity index (χ4v) is 1.91. The summed E-state index contributed by atoms with van der Waals surface area (Å²) in [6, 6.07) is 14.1. The first-order chi connectivity index (χ1) is 9.08. The Bertz CT molecular complexity index is 579. The molecule has 0 aliphatic heterocycles. The van der Waals surface area contributed by atoms with E-state index in [0.29, 0.717) is 5.56 Å². The maximum Gasteiger partial charge on any atom is 0.248 e. The van der Waals surface area contributed by atoms with Crippen molar-refractivity contribution in [3.63, 3.8) is 0 Å². The third kappa shape index (κ3) is 3.04. The molecule has 0 saturated carbocycles. The maximum atomic E-state index is 11.0. The van der Waals surface area contributed by atoms with E-state index in [1.807, 2.05) is 19.1 Å². The molecular weight excluding hydrogens is 240 g/mol. The van der Waals surface area contributed by atoms with Crippen molar-refractivity contribution in [2.24, 2.45) is 5.73 Å². The molecule has 0 spiro atoms. The van der Waals surface area contributed by atoms with Crippen molar-refractivity contribution in [2.45, 2.75) is 13.0 Å². The summed E-state index contributed by atoms with van der Waals surface area (Å²) >= 11 is 0. The predicted molar refractivity (Wildman–Crippen MR) is 75.1 cm³/mol. The maximum absolute atomic E-state index is 11.0. The number of carbonyl (C=O) groups is 1. The highest BCUT2D eigenvalue weighted by atomic mass is 16.3. The van der Waals surface area contributed by atoms with Gasteiger partial charge in [-0.05, 0) is 37.3 Å². The van der Waals surface area contributed by atoms with E-state index in [4.69, 9.17) is 5.73 Å². The van der Waals surface area contributed by atoms with Crippen LogP contribution in [-0.4, -0.2) is 11.0 Å². The zero-order valence-corrected chi connectivity index (χ0v) is 10.6. The van der Waals surface area contributed by atoms with Crippen LogP contribution in [0.1, 0.15) is 28.9 Å². The second-order valence-electron chi connectivity index (χ2n) is 4.37. The number of anilines is 1. The molecule has 0 saturated heterocycles. The lowest BCUT2D eigenvalue weighted by Crippen LogP contribution is -2.11. The number of aromatic hydroxyl groups is 1. The summed E-state index contributed by atoms with van der Waals surface area (Å²) in [6.45, 7) is 1.96. The molecule has 0 aliphatic carbocycles. The summed E-state index contributed by atoms with van der Waals surface area (Å²) < 4.78 is 0. The summed E-state index contributed by atoms with van der Waals surface area (Å²) in [5, 5.41) is 13.0. The van der Waals surface area contributed by atoms with Crippen LogP contribution < -0.4 is 11.1 Å². The molecule has 0 aliphatic rings. The minimum atomic E-state index is -0.444. The smallest absolute Gasteiger partial charge is 0.248 e. The molecule has 4 nitrogen and oxygen atoms in total. The molecule has 4 N–H and O–H groups in total. The highest BCUT2D eigenvalue weighted by Gasteiger charge is 2.09. The van der Waals surface area contributed by atoms with Gasteiger partial charge in [-0.25, -0.2) is 0 Å². The lowest BCUT2D eigenvalue weighted by Gasteiger charge is -2.16. The van der Waals surface area contributed by atoms with Crippen LogP contribution in [0.4, 0.5) is 5.69 Å². The van der Waals surface area contributed by atoms with Gasteiger partial charge in [0, 0.05) is 16.8 Å². The van der Waals surface area contributed by atoms with Gasteiger partial charge in [-0.2, -0.15) is 0 Å². The summed E-state index contributed by atoms with van der Waals surface area (Å²) in [6.07, 6.45) is 0. The van der Waals surface area contributed by atoms with Gasteiger partial charge in [-0.1, -0.05) is 18.2 Å². The van der Waals surface area contributed by atoms with Crippen molar-refractivity contribution in [3.05, 3.63) is 59.7 Å². The van der Waals surface area contributed by atoms with Gasteiger partial charge in [-0.15, -0.1) is 0 Å². The first-order valence-corrected chi connectivity index (χ1v) is 6.02. The molecule has 1 atom stereocenters. The molecule has 0 aromatic heterocycles. The first kappa shape index (κ1) is 13.0. The van der Waals surface area contributed by atoms with Gasteiger partial charge in [0.25, 0.3) is 0 Å². The molecule has 4 heteroatoms. The third-order valence-corrected chi connectivity index (χ3v) is 2.96. The molecule has 2 aromatic carbocycles. The SMILES string of the molecule is CC(Nc1ccc(C(N)=O)cc1)c1ccccc1O. The molecule has 0 radical (unpaired) electrons. The molecule has 1 unspecified atom stereocenters. The van der Waals surface area contributed by atoms with Gasteiger partial charge < -0.3 is 16.2 Å². The van der Waals surface area contributed by atoms with Crippen LogP contribution in [0.5, 0.6) is 5.75 Å². The summed E-state index contributed by atoms with van der Waals surface area (Å²) in [4.78, 5) is 11.0. The van der Waals surface area contributed by atoms with Crippen molar-refractivity contribution in [1.29, 1.82) is 0 Å². The summed E-state index contributed by atoms with van der Waals surface area (Å²) in [5.74, 6) is -0.184. The number of primary amides is 1. The van der Waals surface area contributed by atoms with Gasteiger partial charge in [-0.3, -0.25) is 4.79 Å². The lowest BCUT2D eigenvalue weighted by molar-refractivity contribution is 0.100. The normalized spacial score (nSPS) is 11.8. The van der Waals surface area contributed by atoms with E-state index >= 15 is 0 Å². The third-order valence-electron chi connectivity index (χ3n) is 2.96. The second kappa shape index (κ2) is 5.44. The number of hydrogen-bond donors (Lipinski definition) is 3. The number of phenols is 1. The van der Waals surface area contributed by atoms with Crippen LogP contribution in [0.2, 0.25) is 0 Å². The fraction of sp³-hybridized carbons (Fsp3) is 0.133. The molecule has 98 valence electrons. The zero-order valence-electron chi connectivity index (χ0n) is 10.6. The average Bonchev–Trinajstić information content (AvgIpc) is 2.39. The van der Waals surface area contributed by atoms with Crippen LogP contribution in [0.3, 0.4) is 0 Å².